The minimum atomic E-state index is 0.460. The van der Waals surface area contributed by atoms with E-state index in [0.717, 1.165) is 18.8 Å². The van der Waals surface area contributed by atoms with E-state index in [0.29, 0.717) is 5.82 Å². The number of rotatable bonds is 1. The van der Waals surface area contributed by atoms with Gasteiger partial charge in [0, 0.05) is 12.2 Å². The van der Waals surface area contributed by atoms with Crippen molar-refractivity contribution in [2.75, 3.05) is 17.2 Å². The summed E-state index contributed by atoms with van der Waals surface area (Å²) in [5.41, 5.74) is 8.21. The maximum atomic E-state index is 5.65. The number of aromatic nitrogens is 2. The minimum Gasteiger partial charge on any atom is -0.382 e. The van der Waals surface area contributed by atoms with E-state index >= 15 is 0 Å². The van der Waals surface area contributed by atoms with Crippen molar-refractivity contribution >= 4 is 17.3 Å². The Balaban J connectivity index is 2.05. The molecule has 4 nitrogen and oxygen atoms in total. The van der Waals surface area contributed by atoms with E-state index in [-0.39, 0.29) is 0 Å². The van der Waals surface area contributed by atoms with Gasteiger partial charge in [-0.1, -0.05) is 18.2 Å². The van der Waals surface area contributed by atoms with Gasteiger partial charge in [0.2, 0.25) is 0 Å². The number of benzene rings is 1. The van der Waals surface area contributed by atoms with Crippen molar-refractivity contribution in [2.45, 2.75) is 6.42 Å². The maximum Gasteiger partial charge on any atom is 0.153 e. The maximum absolute atomic E-state index is 5.65. The Morgan fingerprint density at radius 2 is 2.06 bits per heavy atom. The fraction of sp³-hybridized carbons (Fsp3) is 0.167. The zero-order valence-corrected chi connectivity index (χ0v) is 8.80. The molecular formula is C12H12N4. The van der Waals surface area contributed by atoms with Crippen molar-refractivity contribution in [1.82, 2.24) is 9.97 Å². The number of nitrogen functional groups attached to an aromatic ring is 1. The molecule has 0 saturated heterocycles. The summed E-state index contributed by atoms with van der Waals surface area (Å²) in [4.78, 5) is 10.5. The van der Waals surface area contributed by atoms with Gasteiger partial charge < -0.3 is 10.6 Å². The van der Waals surface area contributed by atoms with E-state index in [1.54, 1.807) is 12.4 Å². The summed E-state index contributed by atoms with van der Waals surface area (Å²) in [5.74, 6) is 1.28. The van der Waals surface area contributed by atoms with Crippen LogP contribution in [0.2, 0.25) is 0 Å². The summed E-state index contributed by atoms with van der Waals surface area (Å²) in [6.45, 7) is 0.942. The smallest absolute Gasteiger partial charge is 0.153 e. The monoisotopic (exact) mass is 212 g/mol. The van der Waals surface area contributed by atoms with Crippen LogP contribution in [0.1, 0.15) is 5.56 Å². The molecule has 0 fully saturated rings. The number of hydrogen-bond acceptors (Lipinski definition) is 4. The molecule has 0 bridgehead atoms. The molecule has 0 saturated carbocycles. The number of hydrogen-bond donors (Lipinski definition) is 1. The number of para-hydroxylation sites is 1. The highest BCUT2D eigenvalue weighted by atomic mass is 15.2. The van der Waals surface area contributed by atoms with Gasteiger partial charge in [0.05, 0.1) is 12.4 Å². The summed E-state index contributed by atoms with van der Waals surface area (Å²) in [5, 5.41) is 0. The molecule has 0 spiro atoms. The molecule has 2 aromatic rings. The first-order valence-corrected chi connectivity index (χ1v) is 5.27. The van der Waals surface area contributed by atoms with Gasteiger partial charge in [-0.05, 0) is 18.1 Å². The Morgan fingerprint density at radius 3 is 2.94 bits per heavy atom. The molecule has 0 unspecified atom stereocenters. The van der Waals surface area contributed by atoms with Crippen LogP contribution < -0.4 is 10.6 Å². The predicted octanol–water partition coefficient (Wildman–Crippen LogP) is 1.75. The number of nitrogens with zero attached hydrogens (tertiary/aromatic N) is 3. The summed E-state index contributed by atoms with van der Waals surface area (Å²) < 4.78 is 0. The molecule has 1 aromatic heterocycles. The van der Waals surface area contributed by atoms with Crippen molar-refractivity contribution in [2.24, 2.45) is 0 Å². The van der Waals surface area contributed by atoms with E-state index in [4.69, 9.17) is 5.73 Å². The van der Waals surface area contributed by atoms with E-state index in [2.05, 4.69) is 33.1 Å². The third kappa shape index (κ3) is 1.39. The Morgan fingerprint density at radius 1 is 1.19 bits per heavy atom. The second kappa shape index (κ2) is 3.48. The quantitative estimate of drug-likeness (QED) is 0.782. The molecular weight excluding hydrogens is 200 g/mol. The first-order chi connectivity index (χ1) is 7.84. The zero-order valence-electron chi connectivity index (χ0n) is 8.80. The Bertz CT molecular complexity index is 524. The molecule has 2 heterocycles. The molecule has 16 heavy (non-hydrogen) atoms. The average Bonchev–Trinajstić information content (AvgIpc) is 2.72. The average molecular weight is 212 g/mol. The van der Waals surface area contributed by atoms with Gasteiger partial charge >= 0.3 is 0 Å². The Kier molecular flexibility index (Phi) is 1.99. The standard InChI is InChI=1S/C12H12N4/c13-11-7-14-8-12(15-11)16-6-5-9-3-1-2-4-10(9)16/h1-4,7-8H,5-6H2,(H2,13,15). The molecule has 3 rings (SSSR count). The molecule has 2 N–H and O–H groups in total. The highest BCUT2D eigenvalue weighted by Gasteiger charge is 2.20. The molecule has 0 amide bonds. The fourth-order valence-corrected chi connectivity index (χ4v) is 2.08. The van der Waals surface area contributed by atoms with E-state index in [9.17, 15) is 0 Å². The summed E-state index contributed by atoms with van der Waals surface area (Å²) in [6, 6.07) is 8.35. The van der Waals surface area contributed by atoms with Crippen molar-refractivity contribution < 1.29 is 0 Å². The molecule has 0 atom stereocenters. The second-order valence-electron chi connectivity index (χ2n) is 3.83. The lowest BCUT2D eigenvalue weighted by Gasteiger charge is -2.17. The van der Waals surface area contributed by atoms with Crippen LogP contribution in [-0.4, -0.2) is 16.5 Å². The fourth-order valence-electron chi connectivity index (χ4n) is 2.08. The molecule has 1 aliphatic heterocycles. The lowest BCUT2D eigenvalue weighted by Crippen LogP contribution is -2.15. The lowest BCUT2D eigenvalue weighted by atomic mass is 10.2. The van der Waals surface area contributed by atoms with Gasteiger partial charge in [0.15, 0.2) is 5.82 Å². The predicted molar refractivity (Wildman–Crippen MR) is 63.6 cm³/mol. The van der Waals surface area contributed by atoms with Gasteiger partial charge in [-0.2, -0.15) is 0 Å². The number of anilines is 3. The van der Waals surface area contributed by atoms with Crippen molar-refractivity contribution in [1.29, 1.82) is 0 Å². The van der Waals surface area contributed by atoms with Crippen molar-refractivity contribution in [3.63, 3.8) is 0 Å². The van der Waals surface area contributed by atoms with E-state index in [1.165, 1.54) is 11.3 Å². The Labute approximate surface area is 93.8 Å². The number of fused-ring (bicyclic) bond motifs is 1. The van der Waals surface area contributed by atoms with Crippen molar-refractivity contribution in [3.05, 3.63) is 42.2 Å². The normalized spacial score (nSPS) is 13.9. The highest BCUT2D eigenvalue weighted by Crippen LogP contribution is 2.32. The van der Waals surface area contributed by atoms with Gasteiger partial charge in [0.25, 0.3) is 0 Å². The van der Waals surface area contributed by atoms with Crippen molar-refractivity contribution in [3.8, 4) is 0 Å². The first kappa shape index (κ1) is 9.15. The van der Waals surface area contributed by atoms with Crippen LogP contribution in [0.25, 0.3) is 0 Å². The zero-order chi connectivity index (χ0) is 11.0. The molecule has 4 heteroatoms. The van der Waals surface area contributed by atoms with Gasteiger partial charge in [-0.25, -0.2) is 4.98 Å². The van der Waals surface area contributed by atoms with E-state index < -0.39 is 0 Å². The SMILES string of the molecule is Nc1cncc(N2CCc3ccccc32)n1. The van der Waals surface area contributed by atoms with Gasteiger partial charge in [-0.15, -0.1) is 0 Å². The molecule has 0 aliphatic carbocycles. The third-order valence-corrected chi connectivity index (χ3v) is 2.80. The minimum absolute atomic E-state index is 0.460. The second-order valence-corrected chi connectivity index (χ2v) is 3.83. The molecule has 1 aliphatic rings. The van der Waals surface area contributed by atoms with Crippen LogP contribution in [0.4, 0.5) is 17.3 Å². The van der Waals surface area contributed by atoms with Crippen LogP contribution in [0.5, 0.6) is 0 Å². The summed E-state index contributed by atoms with van der Waals surface area (Å²) in [7, 11) is 0. The van der Waals surface area contributed by atoms with E-state index in [1.807, 2.05) is 6.07 Å². The third-order valence-electron chi connectivity index (χ3n) is 2.80. The van der Waals surface area contributed by atoms with Crippen LogP contribution in [0.3, 0.4) is 0 Å². The first-order valence-electron chi connectivity index (χ1n) is 5.27. The topological polar surface area (TPSA) is 55.0 Å². The largest absolute Gasteiger partial charge is 0.382 e. The lowest BCUT2D eigenvalue weighted by molar-refractivity contribution is 0.966. The molecule has 1 aromatic carbocycles. The van der Waals surface area contributed by atoms with Crippen LogP contribution >= 0.6 is 0 Å². The van der Waals surface area contributed by atoms with Gasteiger partial charge in [-0.3, -0.25) is 4.98 Å². The van der Waals surface area contributed by atoms with Gasteiger partial charge in [0.1, 0.15) is 5.82 Å². The number of nitrogens with two attached hydrogens (primary N) is 1. The van der Waals surface area contributed by atoms with Crippen LogP contribution in [0, 0.1) is 0 Å². The molecule has 80 valence electrons. The Hall–Kier alpha value is -2.10. The molecule has 0 radical (unpaired) electrons. The highest BCUT2D eigenvalue weighted by molar-refractivity contribution is 5.67. The summed E-state index contributed by atoms with van der Waals surface area (Å²) >= 11 is 0. The summed E-state index contributed by atoms with van der Waals surface area (Å²) in [6.07, 6.45) is 4.36. The van der Waals surface area contributed by atoms with Crippen LogP contribution in [-0.2, 0) is 6.42 Å². The van der Waals surface area contributed by atoms with Crippen LogP contribution in [0.15, 0.2) is 36.7 Å².